The summed E-state index contributed by atoms with van der Waals surface area (Å²) in [5.41, 5.74) is 3.04. The van der Waals surface area contributed by atoms with Gasteiger partial charge < -0.3 is 0 Å². The molecular formula is C4H15AlN2. The fraction of sp³-hybridized carbons (Fsp3) is 1.00. The highest BCUT2D eigenvalue weighted by Crippen LogP contribution is 1.57. The van der Waals surface area contributed by atoms with Crippen LogP contribution in [-0.2, 0) is 0 Å². The highest BCUT2D eigenvalue weighted by atomic mass is 27.0. The lowest BCUT2D eigenvalue weighted by molar-refractivity contribution is 0.299. The molecule has 0 radical (unpaired) electrons. The first-order valence-electron chi connectivity index (χ1n) is 2.18. The maximum Gasteiger partial charge on any atom is 0.187 e. The Morgan fingerprint density at radius 3 is 1.86 bits per heavy atom. The van der Waals surface area contributed by atoms with E-state index < -0.39 is 0 Å². The molecule has 0 bridgehead atoms. The predicted molar refractivity (Wildman–Crippen MR) is 37.3 cm³/mol. The van der Waals surface area contributed by atoms with Crippen molar-refractivity contribution in [3.05, 3.63) is 0 Å². The van der Waals surface area contributed by atoms with Gasteiger partial charge >= 0.3 is 0 Å². The molecular weight excluding hydrogens is 103 g/mol. The molecule has 0 aliphatic rings. The van der Waals surface area contributed by atoms with Crippen molar-refractivity contribution in [3.8, 4) is 0 Å². The third-order valence-electron chi connectivity index (χ3n) is 0.474. The van der Waals surface area contributed by atoms with Crippen molar-refractivity contribution in [2.24, 2.45) is 0 Å². The molecule has 0 rings (SSSR count). The minimum Gasteiger partial charge on any atom is -0.256 e. The summed E-state index contributed by atoms with van der Waals surface area (Å²) in [6.45, 7) is 3.08. The Morgan fingerprint density at radius 1 is 1.43 bits per heavy atom. The van der Waals surface area contributed by atoms with Crippen LogP contribution in [0.15, 0.2) is 0 Å². The number of nitrogens with one attached hydrogen (secondary N) is 1. The molecule has 0 spiro atoms. The van der Waals surface area contributed by atoms with Gasteiger partial charge in [-0.1, -0.05) is 6.92 Å². The van der Waals surface area contributed by atoms with E-state index in [1.54, 1.807) is 0 Å². The third-order valence-corrected chi connectivity index (χ3v) is 0.474. The molecule has 44 valence electrons. The molecule has 0 amide bonds. The molecule has 0 aromatic rings. The van der Waals surface area contributed by atoms with Crippen LogP contribution in [0.2, 0.25) is 0 Å². The Morgan fingerprint density at radius 2 is 1.86 bits per heavy atom. The topological polar surface area (TPSA) is 15.3 Å². The van der Waals surface area contributed by atoms with Gasteiger partial charge in [0.2, 0.25) is 0 Å². The summed E-state index contributed by atoms with van der Waals surface area (Å²) in [5.74, 6) is 0. The Bertz CT molecular complexity index is 30.9. The molecule has 3 heteroatoms. The molecule has 0 saturated carbocycles. The van der Waals surface area contributed by atoms with Gasteiger partial charge in [-0.05, 0) is 0 Å². The van der Waals surface area contributed by atoms with E-state index in [1.807, 2.05) is 19.1 Å². The average Bonchev–Trinajstić information content (AvgIpc) is 1.35. The van der Waals surface area contributed by atoms with Crippen LogP contribution in [-0.4, -0.2) is 43.0 Å². The first-order valence-corrected chi connectivity index (χ1v) is 2.18. The summed E-state index contributed by atoms with van der Waals surface area (Å²) >= 11 is 0. The second kappa shape index (κ2) is 6.45. The molecule has 0 unspecified atom stereocenters. The predicted octanol–water partition coefficient (Wildman–Crippen LogP) is -1.11. The van der Waals surface area contributed by atoms with Crippen molar-refractivity contribution in [1.29, 1.82) is 0 Å². The summed E-state index contributed by atoms with van der Waals surface area (Å²) in [4.78, 5) is 0. The van der Waals surface area contributed by atoms with E-state index in [0.717, 1.165) is 6.54 Å². The molecule has 1 N–H and O–H groups in total. The highest BCUT2D eigenvalue weighted by Gasteiger charge is 1.75. The van der Waals surface area contributed by atoms with Gasteiger partial charge in [0, 0.05) is 20.6 Å². The lowest BCUT2D eigenvalue weighted by atomic mass is 10.8. The first-order chi connectivity index (χ1) is 2.77. The smallest absolute Gasteiger partial charge is 0.187 e. The minimum atomic E-state index is 0. The van der Waals surface area contributed by atoms with Gasteiger partial charge in [-0.25, -0.2) is 0 Å². The molecule has 2 nitrogen and oxygen atoms in total. The van der Waals surface area contributed by atoms with Crippen LogP contribution < -0.4 is 5.43 Å². The molecule has 7 heavy (non-hydrogen) atoms. The van der Waals surface area contributed by atoms with E-state index in [9.17, 15) is 0 Å². The van der Waals surface area contributed by atoms with Gasteiger partial charge in [0.1, 0.15) is 0 Å². The van der Waals surface area contributed by atoms with Crippen LogP contribution in [0.3, 0.4) is 0 Å². The van der Waals surface area contributed by atoms with Crippen molar-refractivity contribution >= 4 is 17.4 Å². The Hall–Kier alpha value is 0.452. The Labute approximate surface area is 56.0 Å². The van der Waals surface area contributed by atoms with Gasteiger partial charge in [0.05, 0.1) is 0 Å². The van der Waals surface area contributed by atoms with Crippen molar-refractivity contribution < 1.29 is 0 Å². The lowest BCUT2D eigenvalue weighted by Gasteiger charge is -2.07. The maximum atomic E-state index is 3.04. The van der Waals surface area contributed by atoms with Crippen molar-refractivity contribution in [2.75, 3.05) is 20.6 Å². The van der Waals surface area contributed by atoms with Crippen LogP contribution in [0, 0.1) is 0 Å². The van der Waals surface area contributed by atoms with Crippen LogP contribution >= 0.6 is 0 Å². The number of nitrogens with zero attached hydrogens (tertiary/aromatic N) is 1. The minimum absolute atomic E-state index is 0. The van der Waals surface area contributed by atoms with E-state index in [4.69, 9.17) is 0 Å². The molecule has 0 saturated heterocycles. The summed E-state index contributed by atoms with van der Waals surface area (Å²) in [5, 5.41) is 1.93. The van der Waals surface area contributed by atoms with E-state index in [1.165, 1.54) is 0 Å². The third kappa shape index (κ3) is 10.7. The lowest BCUT2D eigenvalue weighted by Crippen LogP contribution is -2.29. The van der Waals surface area contributed by atoms with E-state index >= 15 is 0 Å². The summed E-state index contributed by atoms with van der Waals surface area (Å²) in [7, 11) is 3.95. The number of hydrazine groups is 1. The van der Waals surface area contributed by atoms with Crippen LogP contribution in [0.4, 0.5) is 0 Å². The molecule has 0 aliphatic heterocycles. The molecule has 0 aromatic carbocycles. The summed E-state index contributed by atoms with van der Waals surface area (Å²) < 4.78 is 0. The molecule has 0 heterocycles. The van der Waals surface area contributed by atoms with Crippen LogP contribution in [0.5, 0.6) is 0 Å². The fourth-order valence-electron chi connectivity index (χ4n) is 0.316. The Balaban J connectivity index is 0. The van der Waals surface area contributed by atoms with E-state index in [2.05, 4.69) is 12.3 Å². The SMILES string of the molecule is CCNN(C)C.[AlH3]. The van der Waals surface area contributed by atoms with E-state index in [-0.39, 0.29) is 17.4 Å². The summed E-state index contributed by atoms with van der Waals surface area (Å²) in [6.07, 6.45) is 0. The van der Waals surface area contributed by atoms with Crippen molar-refractivity contribution in [2.45, 2.75) is 6.92 Å². The largest absolute Gasteiger partial charge is 0.256 e. The normalized spacial score (nSPS) is 8.57. The number of hydrogen-bond donors (Lipinski definition) is 1. The zero-order valence-electron chi connectivity index (χ0n) is 4.65. The van der Waals surface area contributed by atoms with Gasteiger partial charge in [0.25, 0.3) is 0 Å². The fourth-order valence-corrected chi connectivity index (χ4v) is 0.316. The van der Waals surface area contributed by atoms with Gasteiger partial charge in [-0.3, -0.25) is 10.4 Å². The van der Waals surface area contributed by atoms with Gasteiger partial charge in [-0.2, -0.15) is 0 Å². The molecule has 0 aliphatic carbocycles. The number of rotatable bonds is 2. The zero-order chi connectivity index (χ0) is 4.99. The monoisotopic (exact) mass is 118 g/mol. The number of hydrogen-bond acceptors (Lipinski definition) is 2. The van der Waals surface area contributed by atoms with Gasteiger partial charge in [-0.15, -0.1) is 0 Å². The zero-order valence-corrected chi connectivity index (χ0v) is 4.65. The van der Waals surface area contributed by atoms with Crippen molar-refractivity contribution in [3.63, 3.8) is 0 Å². The average molecular weight is 118 g/mol. The van der Waals surface area contributed by atoms with Crippen molar-refractivity contribution in [1.82, 2.24) is 10.4 Å². The van der Waals surface area contributed by atoms with Crippen LogP contribution in [0.25, 0.3) is 0 Å². The second-order valence-electron chi connectivity index (χ2n) is 1.41. The Kier molecular flexibility index (Phi) is 9.62. The summed E-state index contributed by atoms with van der Waals surface area (Å²) in [6, 6.07) is 0. The second-order valence-corrected chi connectivity index (χ2v) is 1.41. The molecule has 0 aromatic heterocycles. The molecule has 0 atom stereocenters. The van der Waals surface area contributed by atoms with E-state index in [0.29, 0.717) is 0 Å². The quantitative estimate of drug-likeness (QED) is 0.365. The van der Waals surface area contributed by atoms with Crippen LogP contribution in [0.1, 0.15) is 6.92 Å². The first kappa shape index (κ1) is 10.4. The van der Waals surface area contributed by atoms with Gasteiger partial charge in [0.15, 0.2) is 17.4 Å². The maximum absolute atomic E-state index is 3.04. The highest BCUT2D eigenvalue weighted by molar-refractivity contribution is 5.75. The standard InChI is InChI=1S/C4H12N2.Al.3H/c1-4-5-6(2)3;;;;/h5H,4H2,1-3H3;;;;. The molecule has 0 fully saturated rings.